The number of ether oxygens (including phenoxy) is 1. The van der Waals surface area contributed by atoms with Gasteiger partial charge in [0.2, 0.25) is 0 Å². The van der Waals surface area contributed by atoms with Gasteiger partial charge in [0.05, 0.1) is 6.10 Å². The number of esters is 1. The van der Waals surface area contributed by atoms with Crippen LogP contribution in [0.1, 0.15) is 31.1 Å². The van der Waals surface area contributed by atoms with Crippen molar-refractivity contribution in [1.29, 1.82) is 0 Å². The summed E-state index contributed by atoms with van der Waals surface area (Å²) in [4.78, 5) is 20.7. The van der Waals surface area contributed by atoms with Crippen molar-refractivity contribution in [2.75, 3.05) is 38.6 Å². The first-order valence-electron chi connectivity index (χ1n) is 7.01. The van der Waals surface area contributed by atoms with E-state index in [0.29, 0.717) is 11.4 Å². The van der Waals surface area contributed by atoms with Gasteiger partial charge in [-0.1, -0.05) is 0 Å². The quantitative estimate of drug-likeness (QED) is 0.715. The standard InChI is InChI=1S/C15H25N3O2/c1-6-18(11-10-17(4)5)14-13(8-7-9-16-14)15(19)20-12(2)3/h7-9,12H,6,10-11H2,1-5H3. The number of hydrogen-bond acceptors (Lipinski definition) is 5. The number of carbonyl (C=O) groups excluding carboxylic acids is 1. The fraction of sp³-hybridized carbons (Fsp3) is 0.600. The minimum absolute atomic E-state index is 0.132. The summed E-state index contributed by atoms with van der Waals surface area (Å²) in [6.45, 7) is 8.27. The van der Waals surface area contributed by atoms with E-state index in [1.54, 1.807) is 18.3 Å². The Bertz CT molecular complexity index is 433. The fourth-order valence-corrected chi connectivity index (χ4v) is 1.82. The number of pyridine rings is 1. The van der Waals surface area contributed by atoms with Gasteiger partial charge in [-0.2, -0.15) is 0 Å². The minimum atomic E-state index is -0.314. The number of anilines is 1. The summed E-state index contributed by atoms with van der Waals surface area (Å²) in [6, 6.07) is 3.53. The molecule has 0 unspecified atom stereocenters. The number of nitrogens with zero attached hydrogens (tertiary/aromatic N) is 3. The largest absolute Gasteiger partial charge is 0.459 e. The van der Waals surface area contributed by atoms with Crippen molar-refractivity contribution in [3.05, 3.63) is 23.9 Å². The van der Waals surface area contributed by atoms with Crippen LogP contribution in [0.5, 0.6) is 0 Å². The van der Waals surface area contributed by atoms with Gasteiger partial charge in [0.1, 0.15) is 11.4 Å². The van der Waals surface area contributed by atoms with E-state index in [4.69, 9.17) is 4.74 Å². The van der Waals surface area contributed by atoms with Gasteiger partial charge in [-0.05, 0) is 47.0 Å². The zero-order valence-electron chi connectivity index (χ0n) is 13.1. The molecule has 0 aliphatic carbocycles. The molecule has 0 saturated carbocycles. The van der Waals surface area contributed by atoms with Gasteiger partial charge in [0.15, 0.2) is 0 Å². The van der Waals surface area contributed by atoms with Crippen molar-refractivity contribution in [3.63, 3.8) is 0 Å². The second kappa shape index (κ2) is 7.85. The van der Waals surface area contributed by atoms with Crippen LogP contribution < -0.4 is 4.90 Å². The second-order valence-corrected chi connectivity index (χ2v) is 5.21. The number of rotatable bonds is 7. The van der Waals surface area contributed by atoms with Crippen molar-refractivity contribution in [2.24, 2.45) is 0 Å². The van der Waals surface area contributed by atoms with Crippen LogP contribution in [0, 0.1) is 0 Å². The first kappa shape index (κ1) is 16.4. The Labute approximate surface area is 121 Å². The molecule has 0 aliphatic rings. The predicted molar refractivity (Wildman–Crippen MR) is 81.2 cm³/mol. The molecule has 1 aromatic heterocycles. The van der Waals surface area contributed by atoms with Crippen LogP contribution in [-0.4, -0.2) is 55.7 Å². The maximum atomic E-state index is 12.1. The van der Waals surface area contributed by atoms with Gasteiger partial charge in [-0.15, -0.1) is 0 Å². The molecule has 0 amide bonds. The normalized spacial score (nSPS) is 10.9. The molecule has 0 radical (unpaired) electrons. The highest BCUT2D eigenvalue weighted by molar-refractivity contribution is 5.94. The Morgan fingerprint density at radius 1 is 1.35 bits per heavy atom. The third-order valence-corrected chi connectivity index (χ3v) is 2.85. The summed E-state index contributed by atoms with van der Waals surface area (Å²) in [5.74, 6) is 0.383. The molecule has 0 aromatic carbocycles. The summed E-state index contributed by atoms with van der Waals surface area (Å²) in [5, 5.41) is 0. The van der Waals surface area contributed by atoms with Gasteiger partial charge >= 0.3 is 5.97 Å². The molecule has 0 atom stereocenters. The molecule has 1 rings (SSSR count). The molecular formula is C15H25N3O2. The van der Waals surface area contributed by atoms with E-state index < -0.39 is 0 Å². The van der Waals surface area contributed by atoms with Crippen LogP contribution in [0.4, 0.5) is 5.82 Å². The number of aromatic nitrogens is 1. The monoisotopic (exact) mass is 279 g/mol. The molecule has 20 heavy (non-hydrogen) atoms. The van der Waals surface area contributed by atoms with Crippen molar-refractivity contribution >= 4 is 11.8 Å². The van der Waals surface area contributed by atoms with Crippen LogP contribution >= 0.6 is 0 Å². The molecule has 1 heterocycles. The van der Waals surface area contributed by atoms with Crippen molar-refractivity contribution in [1.82, 2.24) is 9.88 Å². The zero-order valence-corrected chi connectivity index (χ0v) is 13.1. The molecule has 0 spiro atoms. The summed E-state index contributed by atoms with van der Waals surface area (Å²) in [6.07, 6.45) is 1.58. The lowest BCUT2D eigenvalue weighted by molar-refractivity contribution is 0.0378. The first-order chi connectivity index (χ1) is 9.45. The maximum absolute atomic E-state index is 12.1. The third-order valence-electron chi connectivity index (χ3n) is 2.85. The molecule has 0 bridgehead atoms. The van der Waals surface area contributed by atoms with Gasteiger partial charge in [-0.25, -0.2) is 9.78 Å². The zero-order chi connectivity index (χ0) is 15.1. The Morgan fingerprint density at radius 3 is 2.60 bits per heavy atom. The van der Waals surface area contributed by atoms with Crippen LogP contribution in [0.25, 0.3) is 0 Å². The summed E-state index contributed by atoms with van der Waals surface area (Å²) in [5.41, 5.74) is 0.529. The molecule has 5 heteroatoms. The van der Waals surface area contributed by atoms with Gasteiger partial charge in [0.25, 0.3) is 0 Å². The topological polar surface area (TPSA) is 45.7 Å². The van der Waals surface area contributed by atoms with Gasteiger partial charge < -0.3 is 14.5 Å². The average molecular weight is 279 g/mol. The maximum Gasteiger partial charge on any atom is 0.342 e. The molecular weight excluding hydrogens is 254 g/mol. The fourth-order valence-electron chi connectivity index (χ4n) is 1.82. The number of likely N-dealkylation sites (N-methyl/N-ethyl adjacent to an activating group) is 2. The lowest BCUT2D eigenvalue weighted by Crippen LogP contribution is -2.33. The summed E-state index contributed by atoms with van der Waals surface area (Å²) in [7, 11) is 4.06. The molecule has 5 nitrogen and oxygen atoms in total. The van der Waals surface area contributed by atoms with Crippen LogP contribution in [0.2, 0.25) is 0 Å². The third kappa shape index (κ3) is 4.81. The summed E-state index contributed by atoms with van der Waals surface area (Å²) >= 11 is 0. The highest BCUT2D eigenvalue weighted by atomic mass is 16.5. The Morgan fingerprint density at radius 2 is 2.05 bits per heavy atom. The SMILES string of the molecule is CCN(CCN(C)C)c1ncccc1C(=O)OC(C)C. The minimum Gasteiger partial charge on any atom is -0.459 e. The number of hydrogen-bond donors (Lipinski definition) is 0. The van der Waals surface area contributed by atoms with E-state index >= 15 is 0 Å². The van der Waals surface area contributed by atoms with E-state index in [0.717, 1.165) is 19.6 Å². The van der Waals surface area contributed by atoms with Gasteiger partial charge in [-0.3, -0.25) is 0 Å². The van der Waals surface area contributed by atoms with Crippen LogP contribution in [-0.2, 0) is 4.74 Å². The average Bonchev–Trinajstić information content (AvgIpc) is 2.38. The second-order valence-electron chi connectivity index (χ2n) is 5.21. The van der Waals surface area contributed by atoms with E-state index in [-0.39, 0.29) is 12.1 Å². The number of carbonyl (C=O) groups is 1. The molecule has 1 aromatic rings. The van der Waals surface area contributed by atoms with Crippen LogP contribution in [0.15, 0.2) is 18.3 Å². The Kier molecular flexibility index (Phi) is 6.45. The van der Waals surface area contributed by atoms with Crippen LogP contribution in [0.3, 0.4) is 0 Å². The molecule has 0 saturated heterocycles. The van der Waals surface area contributed by atoms with E-state index in [1.807, 2.05) is 27.9 Å². The molecule has 0 N–H and O–H groups in total. The van der Waals surface area contributed by atoms with E-state index in [1.165, 1.54) is 0 Å². The van der Waals surface area contributed by atoms with E-state index in [2.05, 4.69) is 21.7 Å². The molecule has 0 fully saturated rings. The predicted octanol–water partition coefficient (Wildman–Crippen LogP) is 2.03. The highest BCUT2D eigenvalue weighted by Gasteiger charge is 2.18. The lowest BCUT2D eigenvalue weighted by Gasteiger charge is -2.25. The molecule has 112 valence electrons. The van der Waals surface area contributed by atoms with E-state index in [9.17, 15) is 4.79 Å². The molecule has 0 aliphatic heterocycles. The Hall–Kier alpha value is -1.62. The smallest absolute Gasteiger partial charge is 0.342 e. The highest BCUT2D eigenvalue weighted by Crippen LogP contribution is 2.18. The van der Waals surface area contributed by atoms with Crippen molar-refractivity contribution in [3.8, 4) is 0 Å². The first-order valence-corrected chi connectivity index (χ1v) is 7.01. The summed E-state index contributed by atoms with van der Waals surface area (Å²) < 4.78 is 5.28. The lowest BCUT2D eigenvalue weighted by atomic mass is 10.2. The van der Waals surface area contributed by atoms with Crippen molar-refractivity contribution in [2.45, 2.75) is 26.9 Å². The Balaban J connectivity index is 2.94. The van der Waals surface area contributed by atoms with Crippen molar-refractivity contribution < 1.29 is 9.53 Å². The van der Waals surface area contributed by atoms with Gasteiger partial charge in [0, 0.05) is 25.8 Å².